The molecule has 0 radical (unpaired) electrons. The third kappa shape index (κ3) is 4.00. The summed E-state index contributed by atoms with van der Waals surface area (Å²) in [4.78, 5) is 11.2. The van der Waals surface area contributed by atoms with Gasteiger partial charge in [0.1, 0.15) is 0 Å². The molecule has 0 N–H and O–H groups in total. The van der Waals surface area contributed by atoms with Crippen LogP contribution in [0.1, 0.15) is 15.9 Å². The van der Waals surface area contributed by atoms with Gasteiger partial charge in [0.05, 0.1) is 25.5 Å². The van der Waals surface area contributed by atoms with E-state index in [2.05, 4.69) is 8.92 Å². The van der Waals surface area contributed by atoms with Crippen molar-refractivity contribution in [1.82, 2.24) is 0 Å². The molecule has 1 rings (SSSR count). The molecule has 5 nitrogen and oxygen atoms in total. The van der Waals surface area contributed by atoms with Crippen LogP contribution in [-0.4, -0.2) is 27.8 Å². The maximum atomic E-state index is 11.2. The number of esters is 1. The van der Waals surface area contributed by atoms with Crippen molar-refractivity contribution in [1.29, 1.82) is 0 Å². The van der Waals surface area contributed by atoms with Crippen molar-refractivity contribution in [3.8, 4) is 0 Å². The van der Waals surface area contributed by atoms with Crippen molar-refractivity contribution in [2.24, 2.45) is 0 Å². The Bertz CT molecular complexity index is 478. The number of hydrogen-bond donors (Lipinski definition) is 0. The predicted octanol–water partition coefficient (Wildman–Crippen LogP) is 0.949. The minimum absolute atomic E-state index is 0.0936. The van der Waals surface area contributed by atoms with Crippen molar-refractivity contribution in [2.75, 3.05) is 13.4 Å². The molecule has 0 saturated carbocycles. The molecule has 1 aromatic carbocycles. The van der Waals surface area contributed by atoms with E-state index >= 15 is 0 Å². The van der Waals surface area contributed by atoms with Crippen LogP contribution in [0.5, 0.6) is 0 Å². The second-order valence-corrected chi connectivity index (χ2v) is 4.80. The Hall–Kier alpha value is -1.40. The van der Waals surface area contributed by atoms with Gasteiger partial charge in [0, 0.05) is 0 Å². The summed E-state index contributed by atoms with van der Waals surface area (Å²) in [5.41, 5.74) is 0.949. The first-order valence-electron chi connectivity index (χ1n) is 4.44. The first-order valence-corrected chi connectivity index (χ1v) is 6.25. The van der Waals surface area contributed by atoms with E-state index < -0.39 is 16.1 Å². The van der Waals surface area contributed by atoms with Crippen molar-refractivity contribution in [3.63, 3.8) is 0 Å². The van der Waals surface area contributed by atoms with Gasteiger partial charge >= 0.3 is 5.97 Å². The van der Waals surface area contributed by atoms with Crippen LogP contribution in [0.25, 0.3) is 0 Å². The van der Waals surface area contributed by atoms with Gasteiger partial charge in [0.25, 0.3) is 10.1 Å². The summed E-state index contributed by atoms with van der Waals surface area (Å²) in [6.07, 6.45) is 0.969. The molecule has 0 aliphatic heterocycles. The standard InChI is InChI=1S/C10H12O5S/c1-14-10(11)9-5-3-4-8(6-9)7-15-16(2,12)13/h3-6H,7H2,1-2H3. The van der Waals surface area contributed by atoms with E-state index in [1.807, 2.05) is 0 Å². The van der Waals surface area contributed by atoms with Crippen LogP contribution in [0.2, 0.25) is 0 Å². The highest BCUT2D eigenvalue weighted by Gasteiger charge is 2.07. The molecule has 0 aliphatic rings. The Morgan fingerprint density at radius 3 is 2.62 bits per heavy atom. The van der Waals surface area contributed by atoms with E-state index in [0.717, 1.165) is 6.26 Å². The molecule has 0 bridgehead atoms. The summed E-state index contributed by atoms with van der Waals surface area (Å²) >= 11 is 0. The number of benzene rings is 1. The zero-order chi connectivity index (χ0) is 12.2. The number of rotatable bonds is 4. The van der Waals surface area contributed by atoms with Crippen LogP contribution < -0.4 is 0 Å². The third-order valence-corrected chi connectivity index (χ3v) is 2.33. The van der Waals surface area contributed by atoms with E-state index in [0.29, 0.717) is 11.1 Å². The van der Waals surface area contributed by atoms with Crippen LogP contribution in [-0.2, 0) is 25.6 Å². The molecule has 1 aromatic rings. The summed E-state index contributed by atoms with van der Waals surface area (Å²) in [5, 5.41) is 0. The molecule has 88 valence electrons. The van der Waals surface area contributed by atoms with Gasteiger partial charge in [-0.3, -0.25) is 4.18 Å². The molecular weight excluding hydrogens is 232 g/mol. The lowest BCUT2D eigenvalue weighted by molar-refractivity contribution is 0.0600. The lowest BCUT2D eigenvalue weighted by Gasteiger charge is -2.03. The van der Waals surface area contributed by atoms with Crippen LogP contribution >= 0.6 is 0 Å². The monoisotopic (exact) mass is 244 g/mol. The van der Waals surface area contributed by atoms with Crippen molar-refractivity contribution < 1.29 is 22.1 Å². The summed E-state index contributed by atoms with van der Waals surface area (Å²) in [6.45, 7) is -0.0936. The highest BCUT2D eigenvalue weighted by atomic mass is 32.2. The molecule has 16 heavy (non-hydrogen) atoms. The molecule has 0 fully saturated rings. The normalized spacial score (nSPS) is 11.1. The number of carbonyl (C=O) groups excluding carboxylic acids is 1. The number of carbonyl (C=O) groups is 1. The fourth-order valence-electron chi connectivity index (χ4n) is 1.08. The highest BCUT2D eigenvalue weighted by Crippen LogP contribution is 2.08. The van der Waals surface area contributed by atoms with Crippen LogP contribution in [0, 0.1) is 0 Å². The molecule has 6 heteroatoms. The van der Waals surface area contributed by atoms with Gasteiger partial charge in [-0.15, -0.1) is 0 Å². The summed E-state index contributed by atoms with van der Waals surface area (Å²) in [5.74, 6) is -0.471. The number of hydrogen-bond acceptors (Lipinski definition) is 5. The fraction of sp³-hybridized carbons (Fsp3) is 0.300. The Kier molecular flexibility index (Phi) is 4.03. The molecule has 0 amide bonds. The quantitative estimate of drug-likeness (QED) is 0.582. The SMILES string of the molecule is COC(=O)c1cccc(COS(C)(=O)=O)c1. The molecule has 0 saturated heterocycles. The summed E-state index contributed by atoms with van der Waals surface area (Å²) < 4.78 is 30.7. The van der Waals surface area contributed by atoms with Gasteiger partial charge in [-0.05, 0) is 17.7 Å². The lowest BCUT2D eigenvalue weighted by Crippen LogP contribution is -2.05. The minimum Gasteiger partial charge on any atom is -0.465 e. The zero-order valence-electron chi connectivity index (χ0n) is 8.97. The lowest BCUT2D eigenvalue weighted by atomic mass is 10.1. The molecule has 0 heterocycles. The Morgan fingerprint density at radius 1 is 1.38 bits per heavy atom. The van der Waals surface area contributed by atoms with Crippen LogP contribution in [0.15, 0.2) is 24.3 Å². The molecule has 0 aromatic heterocycles. The Morgan fingerprint density at radius 2 is 2.06 bits per heavy atom. The fourth-order valence-corrected chi connectivity index (χ4v) is 1.43. The zero-order valence-corrected chi connectivity index (χ0v) is 9.78. The average Bonchev–Trinajstić information content (AvgIpc) is 2.25. The van der Waals surface area contributed by atoms with Gasteiger partial charge < -0.3 is 4.74 Å². The maximum absolute atomic E-state index is 11.2. The molecule has 0 aliphatic carbocycles. The topological polar surface area (TPSA) is 69.7 Å². The average molecular weight is 244 g/mol. The highest BCUT2D eigenvalue weighted by molar-refractivity contribution is 7.85. The number of ether oxygens (including phenoxy) is 1. The summed E-state index contributed by atoms with van der Waals surface area (Å²) in [6, 6.07) is 6.40. The molecular formula is C10H12O5S. The van der Waals surface area contributed by atoms with E-state index in [4.69, 9.17) is 0 Å². The number of methoxy groups -OCH3 is 1. The second kappa shape index (κ2) is 5.09. The molecule has 0 atom stereocenters. The van der Waals surface area contributed by atoms with E-state index in [1.165, 1.54) is 13.2 Å². The van der Waals surface area contributed by atoms with Crippen LogP contribution in [0.3, 0.4) is 0 Å². The maximum Gasteiger partial charge on any atom is 0.337 e. The summed E-state index contributed by atoms with van der Waals surface area (Å²) in [7, 11) is -2.20. The minimum atomic E-state index is -3.48. The van der Waals surface area contributed by atoms with Crippen molar-refractivity contribution in [3.05, 3.63) is 35.4 Å². The van der Waals surface area contributed by atoms with Crippen molar-refractivity contribution >= 4 is 16.1 Å². The Labute approximate surface area is 94.1 Å². The predicted molar refractivity (Wildman–Crippen MR) is 57.4 cm³/mol. The second-order valence-electron chi connectivity index (χ2n) is 3.16. The van der Waals surface area contributed by atoms with E-state index in [-0.39, 0.29) is 6.61 Å². The van der Waals surface area contributed by atoms with Gasteiger partial charge in [0.2, 0.25) is 0 Å². The first kappa shape index (κ1) is 12.7. The van der Waals surface area contributed by atoms with E-state index in [1.54, 1.807) is 18.2 Å². The van der Waals surface area contributed by atoms with Gasteiger partial charge in [-0.1, -0.05) is 12.1 Å². The van der Waals surface area contributed by atoms with Crippen LogP contribution in [0.4, 0.5) is 0 Å². The smallest absolute Gasteiger partial charge is 0.337 e. The van der Waals surface area contributed by atoms with Crippen molar-refractivity contribution in [2.45, 2.75) is 6.61 Å². The third-order valence-electron chi connectivity index (χ3n) is 1.79. The molecule has 0 unspecified atom stereocenters. The largest absolute Gasteiger partial charge is 0.465 e. The van der Waals surface area contributed by atoms with Gasteiger partial charge in [-0.25, -0.2) is 4.79 Å². The van der Waals surface area contributed by atoms with Gasteiger partial charge in [0.15, 0.2) is 0 Å². The van der Waals surface area contributed by atoms with Gasteiger partial charge in [-0.2, -0.15) is 8.42 Å². The molecule has 0 spiro atoms. The van der Waals surface area contributed by atoms with E-state index in [9.17, 15) is 13.2 Å². The first-order chi connectivity index (χ1) is 7.42. The Balaban J connectivity index is 2.79.